The molecule has 2 rings (SSSR count). The van der Waals surface area contributed by atoms with Gasteiger partial charge in [0.1, 0.15) is 6.54 Å². The number of aromatic nitrogens is 1. The van der Waals surface area contributed by atoms with Gasteiger partial charge < -0.3 is 19.5 Å². The van der Waals surface area contributed by atoms with Crippen molar-refractivity contribution in [3.63, 3.8) is 0 Å². The maximum atomic E-state index is 12.6. The number of carbonyl (C=O) groups is 3. The van der Waals surface area contributed by atoms with Gasteiger partial charge in [-0.2, -0.15) is 0 Å². The molecular formula is C20H23Cl2N3O4. The summed E-state index contributed by atoms with van der Waals surface area (Å²) in [7, 11) is 1.52. The van der Waals surface area contributed by atoms with Gasteiger partial charge in [0.25, 0.3) is 0 Å². The van der Waals surface area contributed by atoms with Crippen LogP contribution in [-0.2, 0) is 20.9 Å². The van der Waals surface area contributed by atoms with Gasteiger partial charge in [0.2, 0.25) is 11.8 Å². The number of ether oxygens (including phenoxy) is 1. The molecular weight excluding hydrogens is 417 g/mol. The molecule has 0 aliphatic rings. The molecule has 1 aromatic carbocycles. The molecule has 0 fully saturated rings. The molecule has 0 atom stereocenters. The van der Waals surface area contributed by atoms with Crippen LogP contribution in [-0.4, -0.2) is 47.4 Å². The molecule has 0 saturated carbocycles. The van der Waals surface area contributed by atoms with E-state index in [0.29, 0.717) is 27.0 Å². The van der Waals surface area contributed by atoms with Gasteiger partial charge in [-0.1, -0.05) is 29.3 Å². The molecule has 2 amide bonds. The molecule has 0 aliphatic heterocycles. The topological polar surface area (TPSA) is 80.6 Å². The van der Waals surface area contributed by atoms with Gasteiger partial charge in [0.15, 0.2) is 0 Å². The smallest absolute Gasteiger partial charge is 0.339 e. The van der Waals surface area contributed by atoms with Gasteiger partial charge in [-0.25, -0.2) is 4.79 Å². The first-order chi connectivity index (χ1) is 13.6. The average Bonchev–Trinajstić information content (AvgIpc) is 2.93. The van der Waals surface area contributed by atoms with E-state index in [-0.39, 0.29) is 25.6 Å². The third kappa shape index (κ3) is 5.52. The number of nitrogens with zero attached hydrogens (tertiary/aromatic N) is 2. The van der Waals surface area contributed by atoms with E-state index < -0.39 is 11.9 Å². The number of anilines is 1. The van der Waals surface area contributed by atoms with Crippen molar-refractivity contribution in [2.24, 2.45) is 0 Å². The van der Waals surface area contributed by atoms with Crippen LogP contribution in [0.15, 0.2) is 24.3 Å². The first-order valence-corrected chi connectivity index (χ1v) is 9.73. The second kappa shape index (κ2) is 9.80. The quantitative estimate of drug-likeness (QED) is 0.666. The molecule has 9 heteroatoms. The number of carbonyl (C=O) groups excluding carboxylic acids is 3. The number of amides is 2. The molecule has 0 bridgehead atoms. The maximum absolute atomic E-state index is 12.6. The van der Waals surface area contributed by atoms with Crippen LogP contribution >= 0.6 is 23.2 Å². The SMILES string of the molecule is CCOC(=O)c1cc(C)n(CC(=O)N(C)CC(=O)Nc2c(Cl)cccc2Cl)c1C. The Kier molecular flexibility index (Phi) is 7.70. The van der Waals surface area contributed by atoms with Crippen LogP contribution < -0.4 is 5.32 Å². The van der Waals surface area contributed by atoms with Gasteiger partial charge in [-0.15, -0.1) is 0 Å². The fraction of sp³-hybridized carbons (Fsp3) is 0.350. The third-order valence-corrected chi connectivity index (χ3v) is 5.03. The third-order valence-electron chi connectivity index (χ3n) is 4.40. The summed E-state index contributed by atoms with van der Waals surface area (Å²) < 4.78 is 6.75. The van der Waals surface area contributed by atoms with E-state index in [9.17, 15) is 14.4 Å². The van der Waals surface area contributed by atoms with Crippen molar-refractivity contribution < 1.29 is 19.1 Å². The zero-order chi connectivity index (χ0) is 21.7. The summed E-state index contributed by atoms with van der Waals surface area (Å²) in [5.74, 6) is -1.14. The first-order valence-electron chi connectivity index (χ1n) is 8.97. The Balaban J connectivity index is 2.04. The summed E-state index contributed by atoms with van der Waals surface area (Å²) in [6.07, 6.45) is 0. The van der Waals surface area contributed by atoms with Gasteiger partial charge in [-0.3, -0.25) is 9.59 Å². The standard InChI is InChI=1S/C20H23Cl2N3O4/c1-5-29-20(28)14-9-12(2)25(13(14)3)11-18(27)24(4)10-17(26)23-19-15(21)7-6-8-16(19)22/h6-9H,5,10-11H2,1-4H3,(H,23,26). The highest BCUT2D eigenvalue weighted by molar-refractivity contribution is 6.39. The van der Waals surface area contributed by atoms with Crippen LogP contribution in [0.3, 0.4) is 0 Å². The molecule has 1 heterocycles. The minimum Gasteiger partial charge on any atom is -0.462 e. The number of aryl methyl sites for hydroxylation is 1. The Bertz CT molecular complexity index is 920. The molecule has 29 heavy (non-hydrogen) atoms. The molecule has 156 valence electrons. The van der Waals surface area contributed by atoms with Crippen molar-refractivity contribution in [2.75, 3.05) is 25.5 Å². The van der Waals surface area contributed by atoms with Gasteiger partial charge >= 0.3 is 5.97 Å². The Morgan fingerprint density at radius 3 is 2.38 bits per heavy atom. The normalized spacial score (nSPS) is 10.6. The Labute approximate surface area is 179 Å². The number of halogens is 2. The molecule has 0 unspecified atom stereocenters. The predicted octanol–water partition coefficient (Wildman–Crippen LogP) is 3.69. The van der Waals surface area contributed by atoms with Crippen molar-refractivity contribution in [1.29, 1.82) is 0 Å². The van der Waals surface area contributed by atoms with Crippen LogP contribution in [0, 0.1) is 13.8 Å². The summed E-state index contributed by atoms with van der Waals surface area (Å²) in [6, 6.07) is 6.57. The number of para-hydroxylation sites is 1. The van der Waals surface area contributed by atoms with E-state index in [2.05, 4.69) is 5.32 Å². The second-order valence-corrected chi connectivity index (χ2v) is 7.30. The summed E-state index contributed by atoms with van der Waals surface area (Å²) >= 11 is 12.1. The lowest BCUT2D eigenvalue weighted by molar-refractivity contribution is -0.133. The average molecular weight is 440 g/mol. The predicted molar refractivity (Wildman–Crippen MR) is 113 cm³/mol. The highest BCUT2D eigenvalue weighted by Crippen LogP contribution is 2.29. The van der Waals surface area contributed by atoms with E-state index >= 15 is 0 Å². The second-order valence-electron chi connectivity index (χ2n) is 6.49. The highest BCUT2D eigenvalue weighted by atomic mass is 35.5. The lowest BCUT2D eigenvalue weighted by atomic mass is 10.2. The summed E-state index contributed by atoms with van der Waals surface area (Å²) in [6.45, 7) is 5.37. The monoisotopic (exact) mass is 439 g/mol. The number of rotatable bonds is 7. The lowest BCUT2D eigenvalue weighted by Gasteiger charge is -2.19. The zero-order valence-electron chi connectivity index (χ0n) is 16.7. The number of hydrogen-bond acceptors (Lipinski definition) is 4. The van der Waals surface area contributed by atoms with E-state index in [0.717, 1.165) is 5.69 Å². The molecule has 7 nitrogen and oxygen atoms in total. The van der Waals surface area contributed by atoms with Crippen LogP contribution in [0.5, 0.6) is 0 Å². The van der Waals surface area contributed by atoms with Gasteiger partial charge in [0.05, 0.1) is 34.4 Å². The van der Waals surface area contributed by atoms with Crippen LogP contribution in [0.25, 0.3) is 0 Å². The number of hydrogen-bond donors (Lipinski definition) is 1. The number of benzene rings is 1. The minimum atomic E-state index is -0.427. The first kappa shape index (κ1) is 22.8. The van der Waals surface area contributed by atoms with Crippen molar-refractivity contribution in [1.82, 2.24) is 9.47 Å². The molecule has 0 saturated heterocycles. The maximum Gasteiger partial charge on any atom is 0.339 e. The molecule has 1 aromatic heterocycles. The number of esters is 1. The molecule has 0 radical (unpaired) electrons. The van der Waals surface area contributed by atoms with Crippen molar-refractivity contribution in [2.45, 2.75) is 27.3 Å². The van der Waals surface area contributed by atoms with Crippen molar-refractivity contribution in [3.05, 3.63) is 51.3 Å². The van der Waals surface area contributed by atoms with E-state index in [1.807, 2.05) is 0 Å². The summed E-state index contributed by atoms with van der Waals surface area (Å²) in [5.41, 5.74) is 2.11. The number of likely N-dealkylation sites (N-methyl/N-ethyl adjacent to an activating group) is 1. The molecule has 0 aliphatic carbocycles. The Hall–Kier alpha value is -2.51. The Morgan fingerprint density at radius 2 is 1.79 bits per heavy atom. The summed E-state index contributed by atoms with van der Waals surface area (Å²) in [4.78, 5) is 38.2. The number of nitrogens with one attached hydrogen (secondary N) is 1. The minimum absolute atomic E-state index is 0.00625. The van der Waals surface area contributed by atoms with Crippen LogP contribution in [0.1, 0.15) is 28.7 Å². The summed E-state index contributed by atoms with van der Waals surface area (Å²) in [5, 5.41) is 3.24. The fourth-order valence-electron chi connectivity index (χ4n) is 2.82. The van der Waals surface area contributed by atoms with Crippen LogP contribution in [0.2, 0.25) is 10.0 Å². The Morgan fingerprint density at radius 1 is 1.17 bits per heavy atom. The highest BCUT2D eigenvalue weighted by Gasteiger charge is 2.20. The largest absolute Gasteiger partial charge is 0.462 e. The van der Waals surface area contributed by atoms with E-state index in [1.165, 1.54) is 11.9 Å². The van der Waals surface area contributed by atoms with Gasteiger partial charge in [-0.05, 0) is 39.0 Å². The van der Waals surface area contributed by atoms with Crippen molar-refractivity contribution in [3.8, 4) is 0 Å². The van der Waals surface area contributed by atoms with Gasteiger partial charge in [0, 0.05) is 18.4 Å². The van der Waals surface area contributed by atoms with E-state index in [1.54, 1.807) is 49.6 Å². The fourth-order valence-corrected chi connectivity index (χ4v) is 3.31. The molecule has 1 N–H and O–H groups in total. The van der Waals surface area contributed by atoms with Crippen molar-refractivity contribution >= 4 is 46.7 Å². The molecule has 2 aromatic rings. The molecule has 0 spiro atoms. The van der Waals surface area contributed by atoms with E-state index in [4.69, 9.17) is 27.9 Å². The van der Waals surface area contributed by atoms with Crippen LogP contribution in [0.4, 0.5) is 5.69 Å². The lowest BCUT2D eigenvalue weighted by Crippen LogP contribution is -2.37. The zero-order valence-corrected chi connectivity index (χ0v) is 18.2.